The fourth-order valence-corrected chi connectivity index (χ4v) is 3.43. The van der Waals surface area contributed by atoms with Crippen molar-refractivity contribution in [3.8, 4) is 0 Å². The highest BCUT2D eigenvalue weighted by Gasteiger charge is 2.15. The van der Waals surface area contributed by atoms with Crippen LogP contribution in [0.25, 0.3) is 11.0 Å². The minimum absolute atomic E-state index is 0.257. The first kappa shape index (κ1) is 20.3. The molecule has 4 aromatic rings. The van der Waals surface area contributed by atoms with Gasteiger partial charge in [0.2, 0.25) is 0 Å². The SMILES string of the molecule is Cc1ncnc2c1c(NCc1cccnc1N(C)C)cc(=O)n2OCc1ccccc1. The Morgan fingerprint density at radius 3 is 2.65 bits per heavy atom. The van der Waals surface area contributed by atoms with Gasteiger partial charge in [-0.2, -0.15) is 0 Å². The number of anilines is 2. The topological polar surface area (TPSA) is 85.2 Å². The molecular formula is C23H24N6O2. The van der Waals surface area contributed by atoms with E-state index in [9.17, 15) is 4.79 Å². The first-order valence-electron chi connectivity index (χ1n) is 9.94. The smallest absolute Gasteiger partial charge is 0.287 e. The average Bonchev–Trinajstić information content (AvgIpc) is 2.78. The van der Waals surface area contributed by atoms with Crippen molar-refractivity contribution in [2.24, 2.45) is 0 Å². The number of pyridine rings is 2. The van der Waals surface area contributed by atoms with E-state index in [2.05, 4.69) is 20.3 Å². The molecule has 0 spiro atoms. The average molecular weight is 416 g/mol. The van der Waals surface area contributed by atoms with E-state index in [1.54, 1.807) is 6.20 Å². The van der Waals surface area contributed by atoms with Crippen molar-refractivity contribution >= 4 is 22.5 Å². The highest BCUT2D eigenvalue weighted by Crippen LogP contribution is 2.24. The molecule has 8 heteroatoms. The van der Waals surface area contributed by atoms with Crippen LogP contribution in [0.3, 0.4) is 0 Å². The van der Waals surface area contributed by atoms with Crippen LogP contribution in [0.1, 0.15) is 16.8 Å². The van der Waals surface area contributed by atoms with Crippen LogP contribution in [0.5, 0.6) is 0 Å². The number of aromatic nitrogens is 4. The molecule has 0 fully saturated rings. The number of nitrogens with one attached hydrogen (secondary N) is 1. The lowest BCUT2D eigenvalue weighted by Gasteiger charge is -2.18. The molecule has 0 saturated carbocycles. The highest BCUT2D eigenvalue weighted by molar-refractivity contribution is 5.90. The summed E-state index contributed by atoms with van der Waals surface area (Å²) in [6, 6.07) is 15.1. The minimum Gasteiger partial charge on any atom is -0.404 e. The van der Waals surface area contributed by atoms with Crippen molar-refractivity contribution in [3.05, 3.63) is 88.2 Å². The number of rotatable bonds is 7. The van der Waals surface area contributed by atoms with Gasteiger partial charge in [0.05, 0.1) is 16.8 Å². The van der Waals surface area contributed by atoms with Gasteiger partial charge in [-0.1, -0.05) is 36.4 Å². The quantitative estimate of drug-likeness (QED) is 0.496. The molecule has 4 rings (SSSR count). The molecule has 0 aliphatic carbocycles. The van der Waals surface area contributed by atoms with Crippen LogP contribution in [0, 0.1) is 6.92 Å². The third-order valence-corrected chi connectivity index (χ3v) is 4.91. The van der Waals surface area contributed by atoms with Crippen molar-refractivity contribution in [1.29, 1.82) is 0 Å². The first-order valence-corrected chi connectivity index (χ1v) is 9.94. The molecule has 3 heterocycles. The second kappa shape index (κ2) is 8.83. The van der Waals surface area contributed by atoms with Crippen LogP contribution in [-0.2, 0) is 13.2 Å². The van der Waals surface area contributed by atoms with Gasteiger partial charge in [-0.15, -0.1) is 4.73 Å². The number of fused-ring (bicyclic) bond motifs is 1. The Kier molecular flexibility index (Phi) is 5.79. The molecule has 0 bridgehead atoms. The Morgan fingerprint density at radius 1 is 1.06 bits per heavy atom. The van der Waals surface area contributed by atoms with E-state index in [4.69, 9.17) is 4.84 Å². The maximum atomic E-state index is 12.9. The van der Waals surface area contributed by atoms with E-state index in [-0.39, 0.29) is 12.2 Å². The number of hydrogen-bond acceptors (Lipinski definition) is 7. The van der Waals surface area contributed by atoms with Gasteiger partial charge in [-0.05, 0) is 18.6 Å². The summed E-state index contributed by atoms with van der Waals surface area (Å²) >= 11 is 0. The lowest BCUT2D eigenvalue weighted by Crippen LogP contribution is -2.28. The Morgan fingerprint density at radius 2 is 1.87 bits per heavy atom. The van der Waals surface area contributed by atoms with Gasteiger partial charge >= 0.3 is 0 Å². The van der Waals surface area contributed by atoms with Crippen LogP contribution in [0.4, 0.5) is 11.5 Å². The summed E-state index contributed by atoms with van der Waals surface area (Å²) in [5, 5.41) is 4.11. The van der Waals surface area contributed by atoms with Gasteiger partial charge in [0, 0.05) is 38.5 Å². The van der Waals surface area contributed by atoms with Crippen molar-refractivity contribution in [2.75, 3.05) is 24.3 Å². The Bertz CT molecular complexity index is 1250. The summed E-state index contributed by atoms with van der Waals surface area (Å²) in [5.74, 6) is 0.867. The maximum Gasteiger partial charge on any atom is 0.287 e. The van der Waals surface area contributed by atoms with Crippen LogP contribution >= 0.6 is 0 Å². The zero-order valence-electron chi connectivity index (χ0n) is 17.7. The second-order valence-electron chi connectivity index (χ2n) is 7.34. The first-order chi connectivity index (χ1) is 15.0. The van der Waals surface area contributed by atoms with E-state index in [0.29, 0.717) is 17.9 Å². The normalized spacial score (nSPS) is 10.8. The monoisotopic (exact) mass is 416 g/mol. The van der Waals surface area contributed by atoms with Crippen LogP contribution < -0.4 is 20.6 Å². The minimum atomic E-state index is -0.303. The zero-order chi connectivity index (χ0) is 21.8. The molecule has 3 aromatic heterocycles. The largest absolute Gasteiger partial charge is 0.404 e. The van der Waals surface area contributed by atoms with Crippen LogP contribution in [0.2, 0.25) is 0 Å². The van der Waals surface area contributed by atoms with Crippen molar-refractivity contribution in [3.63, 3.8) is 0 Å². The van der Waals surface area contributed by atoms with E-state index >= 15 is 0 Å². The van der Waals surface area contributed by atoms with E-state index in [1.165, 1.54) is 17.1 Å². The van der Waals surface area contributed by atoms with Gasteiger partial charge in [0.25, 0.3) is 5.56 Å². The summed E-state index contributed by atoms with van der Waals surface area (Å²) < 4.78 is 1.23. The number of nitrogens with zero attached hydrogens (tertiary/aromatic N) is 5. The molecular weight excluding hydrogens is 392 g/mol. The Balaban J connectivity index is 1.68. The molecule has 0 amide bonds. The van der Waals surface area contributed by atoms with Gasteiger partial charge in [0.1, 0.15) is 18.8 Å². The molecule has 0 aliphatic rings. The predicted molar refractivity (Wildman–Crippen MR) is 121 cm³/mol. The third-order valence-electron chi connectivity index (χ3n) is 4.91. The van der Waals surface area contributed by atoms with Gasteiger partial charge in [-0.25, -0.2) is 15.0 Å². The molecule has 0 saturated heterocycles. The molecule has 8 nitrogen and oxygen atoms in total. The summed E-state index contributed by atoms with van der Waals surface area (Å²) in [6.07, 6.45) is 3.20. The van der Waals surface area contributed by atoms with Crippen molar-refractivity contribution in [1.82, 2.24) is 19.7 Å². The highest BCUT2D eigenvalue weighted by atomic mass is 16.7. The second-order valence-corrected chi connectivity index (χ2v) is 7.34. The fourth-order valence-electron chi connectivity index (χ4n) is 3.43. The lowest BCUT2D eigenvalue weighted by atomic mass is 10.2. The molecule has 0 radical (unpaired) electrons. The number of hydrogen-bond donors (Lipinski definition) is 1. The zero-order valence-corrected chi connectivity index (χ0v) is 17.7. The molecule has 158 valence electrons. The summed E-state index contributed by atoms with van der Waals surface area (Å²) in [4.78, 5) is 33.8. The summed E-state index contributed by atoms with van der Waals surface area (Å²) in [7, 11) is 3.90. The fraction of sp³-hybridized carbons (Fsp3) is 0.217. The van der Waals surface area contributed by atoms with Gasteiger partial charge in [0.15, 0.2) is 5.65 Å². The van der Waals surface area contributed by atoms with Crippen molar-refractivity contribution in [2.45, 2.75) is 20.1 Å². The molecule has 31 heavy (non-hydrogen) atoms. The predicted octanol–water partition coefficient (Wildman–Crippen LogP) is 2.80. The molecule has 0 atom stereocenters. The number of aryl methyl sites for hydroxylation is 1. The van der Waals surface area contributed by atoms with Crippen molar-refractivity contribution < 1.29 is 4.84 Å². The number of benzene rings is 1. The third kappa shape index (κ3) is 4.32. The lowest BCUT2D eigenvalue weighted by molar-refractivity contribution is 0.0979. The van der Waals surface area contributed by atoms with Crippen LogP contribution in [0.15, 0.2) is 65.8 Å². The van der Waals surface area contributed by atoms with E-state index in [1.807, 2.05) is 68.4 Å². The van der Waals surface area contributed by atoms with Gasteiger partial charge < -0.3 is 15.1 Å². The summed E-state index contributed by atoms with van der Waals surface area (Å²) in [6.45, 7) is 2.64. The van der Waals surface area contributed by atoms with E-state index in [0.717, 1.165) is 28.0 Å². The molecule has 0 aliphatic heterocycles. The molecule has 0 unspecified atom stereocenters. The van der Waals surface area contributed by atoms with Crippen LogP contribution in [-0.4, -0.2) is 33.8 Å². The standard InChI is InChI=1S/C23H24N6O2/c1-16-21-19(25-13-18-10-7-11-24-22(18)28(2)3)12-20(30)29(23(21)27-15-26-16)31-14-17-8-5-4-6-9-17/h4-12,15,25H,13-14H2,1-3H3. The van der Waals surface area contributed by atoms with Gasteiger partial charge in [-0.3, -0.25) is 4.79 Å². The Labute approximate surface area is 180 Å². The van der Waals surface area contributed by atoms with E-state index < -0.39 is 0 Å². The maximum absolute atomic E-state index is 12.9. The molecule has 1 aromatic carbocycles. The molecule has 1 N–H and O–H groups in total. The summed E-state index contributed by atoms with van der Waals surface area (Å²) in [5.41, 5.74) is 3.51. The Hall–Kier alpha value is -3.94.